The summed E-state index contributed by atoms with van der Waals surface area (Å²) >= 11 is 8.33. The number of amides is 1. The molecule has 0 aliphatic rings. The fourth-order valence-corrected chi connectivity index (χ4v) is 4.03. The lowest BCUT2D eigenvalue weighted by atomic mass is 10.1. The zero-order chi connectivity index (χ0) is 23.1. The number of methoxy groups -OCH3 is 1. The summed E-state index contributed by atoms with van der Waals surface area (Å²) in [6.07, 6.45) is 1.51. The highest BCUT2D eigenvalue weighted by Crippen LogP contribution is 2.35. The van der Waals surface area contributed by atoms with Crippen LogP contribution in [0.2, 0.25) is 5.02 Å². The molecule has 1 N–H and O–H groups in total. The minimum atomic E-state index is -0.540. The third-order valence-corrected chi connectivity index (χ3v) is 5.73. The van der Waals surface area contributed by atoms with Gasteiger partial charge in [0.2, 0.25) is 0 Å². The van der Waals surface area contributed by atoms with Gasteiger partial charge in [0.1, 0.15) is 18.2 Å². The van der Waals surface area contributed by atoms with Crippen LogP contribution in [0.5, 0.6) is 11.5 Å². The molecule has 0 spiro atoms. The van der Waals surface area contributed by atoms with Gasteiger partial charge in [-0.15, -0.1) is 0 Å². The maximum absolute atomic E-state index is 12.7. The molecule has 162 valence electrons. The Hall–Kier alpha value is -3.02. The third kappa shape index (κ3) is 5.81. The van der Waals surface area contributed by atoms with Crippen molar-refractivity contribution < 1.29 is 14.3 Å². The summed E-state index contributed by atoms with van der Waals surface area (Å²) < 4.78 is 12.3. The number of halogens is 2. The van der Waals surface area contributed by atoms with E-state index < -0.39 is 5.91 Å². The van der Waals surface area contributed by atoms with E-state index in [0.717, 1.165) is 14.7 Å². The van der Waals surface area contributed by atoms with E-state index in [1.165, 1.54) is 6.08 Å². The predicted octanol–water partition coefficient (Wildman–Crippen LogP) is 6.39. The molecule has 1 amide bonds. The second-order valence-electron chi connectivity index (χ2n) is 6.86. The van der Waals surface area contributed by atoms with E-state index in [1.807, 2.05) is 55.5 Å². The molecule has 3 aromatic carbocycles. The number of carbonyl (C=O) groups excluding carboxylic acids is 1. The standard InChI is InChI=1S/C25H20ClIN2O3/c1-16-7-6-10-20(26)23(16)29-25(30)19(14-28)11-18-12-21(27)24(22(13-18)31-2)32-15-17-8-4-3-5-9-17/h3-13H,15H2,1-2H3,(H,29,30)/b19-11+. The summed E-state index contributed by atoms with van der Waals surface area (Å²) in [5.41, 5.74) is 2.91. The lowest BCUT2D eigenvalue weighted by Gasteiger charge is -2.14. The van der Waals surface area contributed by atoms with Crippen LogP contribution < -0.4 is 14.8 Å². The average molecular weight is 559 g/mol. The Morgan fingerprint density at radius 2 is 1.94 bits per heavy atom. The first-order valence-corrected chi connectivity index (χ1v) is 11.1. The Kier molecular flexibility index (Phi) is 8.14. The minimum absolute atomic E-state index is 0.0554. The first-order chi connectivity index (χ1) is 15.4. The highest BCUT2D eigenvalue weighted by Gasteiger charge is 2.16. The zero-order valence-corrected chi connectivity index (χ0v) is 20.4. The highest BCUT2D eigenvalue weighted by molar-refractivity contribution is 14.1. The Balaban J connectivity index is 1.85. The number of nitriles is 1. The van der Waals surface area contributed by atoms with Crippen LogP contribution in [-0.2, 0) is 11.4 Å². The maximum Gasteiger partial charge on any atom is 0.266 e. The van der Waals surface area contributed by atoms with Gasteiger partial charge in [0.15, 0.2) is 11.5 Å². The normalized spacial score (nSPS) is 10.9. The van der Waals surface area contributed by atoms with Gasteiger partial charge in [-0.2, -0.15) is 5.26 Å². The van der Waals surface area contributed by atoms with Crippen molar-refractivity contribution in [1.29, 1.82) is 5.26 Å². The summed E-state index contributed by atoms with van der Waals surface area (Å²) in [5.74, 6) is 0.574. The van der Waals surface area contributed by atoms with Gasteiger partial charge in [-0.25, -0.2) is 0 Å². The van der Waals surface area contributed by atoms with Crippen molar-refractivity contribution in [3.8, 4) is 17.6 Å². The fraction of sp³-hybridized carbons (Fsp3) is 0.120. The first-order valence-electron chi connectivity index (χ1n) is 9.65. The van der Waals surface area contributed by atoms with Gasteiger partial charge in [-0.1, -0.05) is 54.1 Å². The number of para-hydroxylation sites is 1. The first kappa shape index (κ1) is 23.6. The molecule has 0 heterocycles. The number of carbonyl (C=O) groups is 1. The van der Waals surface area contributed by atoms with Crippen molar-refractivity contribution in [2.75, 3.05) is 12.4 Å². The Morgan fingerprint density at radius 1 is 1.19 bits per heavy atom. The molecule has 0 fully saturated rings. The van der Waals surface area contributed by atoms with E-state index in [-0.39, 0.29) is 5.57 Å². The van der Waals surface area contributed by atoms with E-state index in [2.05, 4.69) is 27.9 Å². The van der Waals surface area contributed by atoms with Crippen LogP contribution in [0.15, 0.2) is 66.2 Å². The van der Waals surface area contributed by atoms with Crippen LogP contribution in [0.4, 0.5) is 5.69 Å². The number of aryl methyl sites for hydroxylation is 1. The molecular formula is C25H20ClIN2O3. The van der Waals surface area contributed by atoms with Crippen molar-refractivity contribution in [2.24, 2.45) is 0 Å². The van der Waals surface area contributed by atoms with Crippen LogP contribution in [0, 0.1) is 21.8 Å². The van der Waals surface area contributed by atoms with Gasteiger partial charge >= 0.3 is 0 Å². The second-order valence-corrected chi connectivity index (χ2v) is 8.43. The number of rotatable bonds is 7. The summed E-state index contributed by atoms with van der Waals surface area (Å²) in [4.78, 5) is 12.7. The molecular weight excluding hydrogens is 539 g/mol. The lowest BCUT2D eigenvalue weighted by Crippen LogP contribution is -2.14. The van der Waals surface area contributed by atoms with E-state index >= 15 is 0 Å². The van der Waals surface area contributed by atoms with E-state index in [1.54, 1.807) is 25.3 Å². The number of nitrogens with one attached hydrogen (secondary N) is 1. The van der Waals surface area contributed by atoms with E-state index in [0.29, 0.717) is 34.4 Å². The van der Waals surface area contributed by atoms with Crippen LogP contribution in [0.25, 0.3) is 6.08 Å². The number of hydrogen-bond donors (Lipinski definition) is 1. The maximum atomic E-state index is 12.7. The third-order valence-electron chi connectivity index (χ3n) is 4.61. The number of anilines is 1. The van der Waals surface area contributed by atoms with Crippen molar-refractivity contribution in [3.05, 3.63) is 91.5 Å². The van der Waals surface area contributed by atoms with E-state index in [4.69, 9.17) is 21.1 Å². The average Bonchev–Trinajstić information content (AvgIpc) is 2.79. The number of nitrogens with zero attached hydrogens (tertiary/aromatic N) is 1. The topological polar surface area (TPSA) is 71.3 Å². The Bertz CT molecular complexity index is 1180. The fourth-order valence-electron chi connectivity index (χ4n) is 2.98. The summed E-state index contributed by atoms with van der Waals surface area (Å²) in [7, 11) is 1.55. The zero-order valence-electron chi connectivity index (χ0n) is 17.5. The van der Waals surface area contributed by atoms with Crippen molar-refractivity contribution >= 4 is 51.9 Å². The summed E-state index contributed by atoms with van der Waals surface area (Å²) in [5, 5.41) is 12.7. The monoisotopic (exact) mass is 558 g/mol. The van der Waals surface area contributed by atoms with Gasteiger partial charge < -0.3 is 14.8 Å². The molecule has 0 aliphatic carbocycles. The minimum Gasteiger partial charge on any atom is -0.493 e. The van der Waals surface area contributed by atoms with Crippen LogP contribution in [0.1, 0.15) is 16.7 Å². The predicted molar refractivity (Wildman–Crippen MR) is 135 cm³/mol. The number of benzene rings is 3. The van der Waals surface area contributed by atoms with Crippen LogP contribution in [0.3, 0.4) is 0 Å². The Labute approximate surface area is 205 Å². The summed E-state index contributed by atoms with van der Waals surface area (Å²) in [6, 6.07) is 20.6. The molecule has 3 aromatic rings. The number of ether oxygens (including phenoxy) is 2. The Morgan fingerprint density at radius 3 is 2.59 bits per heavy atom. The lowest BCUT2D eigenvalue weighted by molar-refractivity contribution is -0.112. The molecule has 0 bridgehead atoms. The highest BCUT2D eigenvalue weighted by atomic mass is 127. The molecule has 3 rings (SSSR count). The molecule has 7 heteroatoms. The molecule has 0 radical (unpaired) electrons. The van der Waals surface area contributed by atoms with E-state index in [9.17, 15) is 10.1 Å². The summed E-state index contributed by atoms with van der Waals surface area (Å²) in [6.45, 7) is 2.23. The van der Waals surface area contributed by atoms with Gasteiger partial charge in [-0.05, 0) is 70.5 Å². The van der Waals surface area contributed by atoms with Crippen molar-refractivity contribution in [2.45, 2.75) is 13.5 Å². The SMILES string of the molecule is COc1cc(/C=C(\C#N)C(=O)Nc2c(C)cccc2Cl)cc(I)c1OCc1ccccc1. The second kappa shape index (κ2) is 11.0. The molecule has 0 unspecified atom stereocenters. The molecule has 0 aromatic heterocycles. The molecule has 0 aliphatic heterocycles. The molecule has 0 atom stereocenters. The van der Waals surface area contributed by atoms with Crippen LogP contribution >= 0.6 is 34.2 Å². The molecule has 32 heavy (non-hydrogen) atoms. The van der Waals surface area contributed by atoms with Crippen molar-refractivity contribution in [1.82, 2.24) is 0 Å². The molecule has 0 saturated carbocycles. The largest absolute Gasteiger partial charge is 0.493 e. The van der Waals surface area contributed by atoms with Gasteiger partial charge in [0, 0.05) is 0 Å². The van der Waals surface area contributed by atoms with Gasteiger partial charge in [0.25, 0.3) is 5.91 Å². The quantitative estimate of drug-likeness (QED) is 0.207. The molecule has 5 nitrogen and oxygen atoms in total. The smallest absolute Gasteiger partial charge is 0.266 e. The molecule has 0 saturated heterocycles. The number of hydrogen-bond acceptors (Lipinski definition) is 4. The van der Waals surface area contributed by atoms with Crippen molar-refractivity contribution in [3.63, 3.8) is 0 Å². The van der Waals surface area contributed by atoms with Gasteiger partial charge in [-0.3, -0.25) is 4.79 Å². The van der Waals surface area contributed by atoms with Gasteiger partial charge in [0.05, 0.1) is 21.4 Å². The van der Waals surface area contributed by atoms with Crippen LogP contribution in [-0.4, -0.2) is 13.0 Å².